The Balaban J connectivity index is 1.42. The molecule has 192 valence electrons. The van der Waals surface area contributed by atoms with Crippen molar-refractivity contribution in [1.29, 1.82) is 0 Å². The number of para-hydroxylation sites is 1. The van der Waals surface area contributed by atoms with Crippen molar-refractivity contribution in [3.8, 4) is 0 Å². The monoisotopic (exact) mass is 540 g/mol. The molecule has 0 spiro atoms. The minimum atomic E-state index is -0.532. The van der Waals surface area contributed by atoms with Gasteiger partial charge in [-0.25, -0.2) is 4.99 Å². The van der Waals surface area contributed by atoms with Crippen LogP contribution in [0.3, 0.4) is 0 Å². The Morgan fingerprint density at radius 3 is 2.55 bits per heavy atom. The molecule has 2 aromatic carbocycles. The third-order valence-corrected chi connectivity index (χ3v) is 9.03. The first-order chi connectivity index (χ1) is 18.5. The van der Waals surface area contributed by atoms with Gasteiger partial charge < -0.3 is 10.2 Å². The largest absolute Gasteiger partial charge is 0.372 e. The second-order valence-corrected chi connectivity index (χ2v) is 11.6. The Kier molecular flexibility index (Phi) is 6.59. The van der Waals surface area contributed by atoms with Crippen molar-refractivity contribution in [3.05, 3.63) is 113 Å². The van der Waals surface area contributed by atoms with Gasteiger partial charge in [0.05, 0.1) is 15.8 Å². The van der Waals surface area contributed by atoms with Crippen LogP contribution in [0.1, 0.15) is 41.8 Å². The molecule has 0 unspecified atom stereocenters. The second-order valence-electron chi connectivity index (χ2n) is 9.65. The summed E-state index contributed by atoms with van der Waals surface area (Å²) >= 11 is 2.91. The Morgan fingerprint density at radius 2 is 1.84 bits per heavy atom. The highest BCUT2D eigenvalue weighted by atomic mass is 32.1. The third-order valence-electron chi connectivity index (χ3n) is 7.12. The molecule has 38 heavy (non-hydrogen) atoms. The number of aryl methyl sites for hydroxylation is 1. The number of allylic oxidation sites excluding steroid dienone is 1. The quantitative estimate of drug-likeness (QED) is 0.394. The number of rotatable bonds is 5. The van der Waals surface area contributed by atoms with Gasteiger partial charge in [0, 0.05) is 29.3 Å². The highest BCUT2D eigenvalue weighted by Crippen LogP contribution is 2.33. The van der Waals surface area contributed by atoms with Crippen molar-refractivity contribution in [2.75, 3.05) is 23.3 Å². The summed E-state index contributed by atoms with van der Waals surface area (Å²) in [4.78, 5) is 36.1. The molecule has 2 aromatic heterocycles. The fourth-order valence-corrected chi connectivity index (χ4v) is 7.04. The molecule has 0 aliphatic carbocycles. The van der Waals surface area contributed by atoms with Crippen molar-refractivity contribution in [3.63, 3.8) is 0 Å². The van der Waals surface area contributed by atoms with E-state index in [0.29, 0.717) is 26.3 Å². The van der Waals surface area contributed by atoms with Crippen molar-refractivity contribution >= 4 is 46.0 Å². The molecule has 6 rings (SSSR count). The zero-order valence-corrected chi connectivity index (χ0v) is 22.9. The first-order valence-electron chi connectivity index (χ1n) is 12.8. The van der Waals surface area contributed by atoms with Gasteiger partial charge in [0.15, 0.2) is 4.80 Å². The maximum Gasteiger partial charge on any atom is 0.271 e. The number of hydrogen-bond acceptors (Lipinski definition) is 6. The molecule has 8 heteroatoms. The van der Waals surface area contributed by atoms with Crippen LogP contribution in [0.5, 0.6) is 0 Å². The molecule has 0 saturated carbocycles. The molecule has 0 bridgehead atoms. The van der Waals surface area contributed by atoms with Gasteiger partial charge in [-0.1, -0.05) is 41.7 Å². The van der Waals surface area contributed by atoms with E-state index in [-0.39, 0.29) is 11.5 Å². The number of hydrogen-bond donors (Lipinski definition) is 1. The summed E-state index contributed by atoms with van der Waals surface area (Å²) in [6.45, 7) is 6.13. The van der Waals surface area contributed by atoms with E-state index in [0.717, 1.165) is 29.1 Å². The van der Waals surface area contributed by atoms with Gasteiger partial charge in [-0.2, -0.15) is 0 Å². The lowest BCUT2D eigenvalue weighted by Crippen LogP contribution is -2.40. The lowest BCUT2D eigenvalue weighted by molar-refractivity contribution is -0.113. The highest BCUT2D eigenvalue weighted by molar-refractivity contribution is 7.10. The molecule has 4 aromatic rings. The van der Waals surface area contributed by atoms with Crippen LogP contribution in [-0.4, -0.2) is 23.6 Å². The molecule has 6 nitrogen and oxygen atoms in total. The number of benzene rings is 2. The summed E-state index contributed by atoms with van der Waals surface area (Å²) in [5.41, 5.74) is 5.07. The van der Waals surface area contributed by atoms with E-state index >= 15 is 0 Å². The minimum absolute atomic E-state index is 0.132. The molecule has 1 atom stereocenters. The third kappa shape index (κ3) is 4.54. The average molecular weight is 541 g/mol. The SMILES string of the molecule is CC1=C(C(=O)Nc2ccccc2)[C@@H](c2cccs2)n2c(s/c(=C/c3ccc(N4CCCC4)cc3C)c2=O)=N1. The number of thiazole rings is 1. The molecular weight excluding hydrogens is 512 g/mol. The number of aromatic nitrogens is 1. The molecule has 1 N–H and O–H groups in total. The number of nitrogens with zero attached hydrogens (tertiary/aromatic N) is 3. The van der Waals surface area contributed by atoms with Crippen molar-refractivity contribution in [2.24, 2.45) is 4.99 Å². The van der Waals surface area contributed by atoms with E-state index in [9.17, 15) is 9.59 Å². The summed E-state index contributed by atoms with van der Waals surface area (Å²) in [6.07, 6.45) is 4.43. The maximum atomic E-state index is 13.9. The summed E-state index contributed by atoms with van der Waals surface area (Å²) in [5, 5.41) is 4.96. The smallest absolute Gasteiger partial charge is 0.271 e. The molecule has 1 saturated heterocycles. The average Bonchev–Trinajstić information content (AvgIpc) is 3.68. The number of carbonyl (C=O) groups is 1. The van der Waals surface area contributed by atoms with Crippen LogP contribution >= 0.6 is 22.7 Å². The Morgan fingerprint density at radius 1 is 1.05 bits per heavy atom. The standard InChI is InChI=1S/C30H28N4O2S2/c1-19-17-23(33-14-6-7-15-33)13-12-21(19)18-25-29(36)34-27(24-11-8-16-37-24)26(20(2)31-30(34)38-25)28(35)32-22-9-4-3-5-10-22/h3-5,8-13,16-18,27H,6-7,14-15H2,1-2H3,(H,32,35)/b25-18+/t27-/m1/s1. The second kappa shape index (κ2) is 10.2. The zero-order chi connectivity index (χ0) is 26.2. The maximum absolute atomic E-state index is 13.9. The van der Waals surface area contributed by atoms with E-state index in [1.807, 2.05) is 60.8 Å². The van der Waals surface area contributed by atoms with Crippen molar-refractivity contribution in [2.45, 2.75) is 32.7 Å². The van der Waals surface area contributed by atoms with Crippen LogP contribution in [0.15, 0.2) is 87.1 Å². The van der Waals surface area contributed by atoms with Gasteiger partial charge >= 0.3 is 0 Å². The van der Waals surface area contributed by atoms with Crippen LogP contribution in [0, 0.1) is 6.92 Å². The molecule has 4 heterocycles. The van der Waals surface area contributed by atoms with E-state index < -0.39 is 6.04 Å². The lowest BCUT2D eigenvalue weighted by atomic mass is 10.0. The molecule has 2 aliphatic heterocycles. The van der Waals surface area contributed by atoms with Gasteiger partial charge in [0.1, 0.15) is 6.04 Å². The summed E-state index contributed by atoms with van der Waals surface area (Å²) in [7, 11) is 0. The van der Waals surface area contributed by atoms with Crippen molar-refractivity contribution < 1.29 is 4.79 Å². The van der Waals surface area contributed by atoms with Crippen LogP contribution in [0.2, 0.25) is 0 Å². The van der Waals surface area contributed by atoms with Gasteiger partial charge in [-0.3, -0.25) is 14.2 Å². The molecule has 1 fully saturated rings. The van der Waals surface area contributed by atoms with Gasteiger partial charge in [0.25, 0.3) is 11.5 Å². The van der Waals surface area contributed by atoms with Crippen LogP contribution in [0.4, 0.5) is 11.4 Å². The predicted molar refractivity (Wildman–Crippen MR) is 156 cm³/mol. The molecule has 1 amide bonds. The lowest BCUT2D eigenvalue weighted by Gasteiger charge is -2.24. The summed E-state index contributed by atoms with van der Waals surface area (Å²) < 4.78 is 2.29. The van der Waals surface area contributed by atoms with E-state index in [4.69, 9.17) is 4.99 Å². The molecule has 0 radical (unpaired) electrons. The first kappa shape index (κ1) is 24.6. The van der Waals surface area contributed by atoms with Crippen LogP contribution < -0.4 is 25.1 Å². The van der Waals surface area contributed by atoms with Gasteiger partial charge in [-0.05, 0) is 79.6 Å². The number of carbonyl (C=O) groups excluding carboxylic acids is 1. The number of anilines is 2. The van der Waals surface area contributed by atoms with Gasteiger partial charge in [-0.15, -0.1) is 11.3 Å². The topological polar surface area (TPSA) is 66.7 Å². The van der Waals surface area contributed by atoms with E-state index in [2.05, 4.69) is 35.3 Å². The predicted octanol–water partition coefficient (Wildman–Crippen LogP) is 4.84. The molecular formula is C30H28N4O2S2. The zero-order valence-electron chi connectivity index (χ0n) is 21.3. The Bertz CT molecular complexity index is 1710. The Hall–Kier alpha value is -3.75. The molecule has 2 aliphatic rings. The fourth-order valence-electron chi connectivity index (χ4n) is 5.18. The normalized spacial score (nSPS) is 17.5. The van der Waals surface area contributed by atoms with Gasteiger partial charge in [0.2, 0.25) is 0 Å². The van der Waals surface area contributed by atoms with E-state index in [1.165, 1.54) is 41.2 Å². The van der Waals surface area contributed by atoms with Crippen LogP contribution in [0.25, 0.3) is 6.08 Å². The number of fused-ring (bicyclic) bond motifs is 1. The summed E-state index contributed by atoms with van der Waals surface area (Å²) in [6, 6.07) is 19.2. The highest BCUT2D eigenvalue weighted by Gasteiger charge is 2.33. The van der Waals surface area contributed by atoms with Crippen LogP contribution in [-0.2, 0) is 4.79 Å². The van der Waals surface area contributed by atoms with E-state index in [1.54, 1.807) is 4.57 Å². The number of nitrogens with one attached hydrogen (secondary N) is 1. The first-order valence-corrected chi connectivity index (χ1v) is 14.5. The summed E-state index contributed by atoms with van der Waals surface area (Å²) in [5.74, 6) is -0.251. The number of amides is 1. The Labute approximate surface area is 228 Å². The minimum Gasteiger partial charge on any atom is -0.372 e. The number of thiophene rings is 1. The van der Waals surface area contributed by atoms with Crippen molar-refractivity contribution in [1.82, 2.24) is 4.57 Å². The fraction of sp³-hybridized carbons (Fsp3) is 0.233.